The van der Waals surface area contributed by atoms with Crippen molar-refractivity contribution in [2.75, 3.05) is 12.8 Å². The summed E-state index contributed by atoms with van der Waals surface area (Å²) in [6, 6.07) is 4.57. The molecule has 6 nitrogen and oxygen atoms in total. The Morgan fingerprint density at radius 3 is 2.63 bits per heavy atom. The molecule has 0 amide bonds. The van der Waals surface area contributed by atoms with Crippen molar-refractivity contribution in [3.63, 3.8) is 0 Å². The summed E-state index contributed by atoms with van der Waals surface area (Å²) in [5, 5.41) is 4.63. The average Bonchev–Trinajstić information content (AvgIpc) is 2.69. The highest BCUT2D eigenvalue weighted by atomic mass is 35.5. The molecule has 0 aliphatic rings. The predicted molar refractivity (Wildman–Crippen MR) is 74.0 cm³/mol. The quantitative estimate of drug-likeness (QED) is 0.837. The van der Waals surface area contributed by atoms with Gasteiger partial charge in [-0.2, -0.15) is 5.10 Å². The van der Waals surface area contributed by atoms with Gasteiger partial charge in [-0.25, -0.2) is 17.8 Å². The summed E-state index contributed by atoms with van der Waals surface area (Å²) >= 11 is 5.94. The van der Waals surface area contributed by atoms with E-state index < -0.39 is 10.0 Å². The Balaban J connectivity index is 2.71. The maximum Gasteiger partial charge on any atom is 0.242 e. The third kappa shape index (κ3) is 2.58. The van der Waals surface area contributed by atoms with Crippen LogP contribution in [0.3, 0.4) is 0 Å². The Bertz CT molecular complexity index is 705. The number of nitrogens with two attached hydrogens (primary N) is 1. The molecule has 0 saturated heterocycles. The molecule has 0 saturated carbocycles. The van der Waals surface area contributed by atoms with Gasteiger partial charge in [-0.15, -0.1) is 0 Å². The molecule has 0 aliphatic carbocycles. The maximum absolute atomic E-state index is 12.0. The molecule has 0 spiro atoms. The van der Waals surface area contributed by atoms with Gasteiger partial charge in [0.2, 0.25) is 10.0 Å². The van der Waals surface area contributed by atoms with E-state index >= 15 is 0 Å². The summed E-state index contributed by atoms with van der Waals surface area (Å²) in [5.74, 6) is 0. The number of nitrogens with one attached hydrogen (secondary N) is 1. The molecule has 1 aromatic heterocycles. The van der Waals surface area contributed by atoms with Crippen LogP contribution in [0.25, 0.3) is 5.69 Å². The average molecular weight is 301 g/mol. The molecule has 102 valence electrons. The van der Waals surface area contributed by atoms with Crippen molar-refractivity contribution >= 4 is 27.3 Å². The van der Waals surface area contributed by atoms with Gasteiger partial charge in [0, 0.05) is 11.9 Å². The summed E-state index contributed by atoms with van der Waals surface area (Å²) in [5.41, 5.74) is 7.00. The lowest BCUT2D eigenvalue weighted by atomic mass is 10.3. The fourth-order valence-electron chi connectivity index (χ4n) is 1.61. The van der Waals surface area contributed by atoms with Crippen LogP contribution in [0.1, 0.15) is 5.69 Å². The number of aromatic nitrogens is 2. The highest BCUT2D eigenvalue weighted by Gasteiger charge is 2.19. The van der Waals surface area contributed by atoms with Crippen LogP contribution in [-0.4, -0.2) is 25.2 Å². The highest BCUT2D eigenvalue weighted by Crippen LogP contribution is 2.24. The number of nitrogens with zero attached hydrogens (tertiary/aromatic N) is 2. The van der Waals surface area contributed by atoms with E-state index in [1.54, 1.807) is 25.3 Å². The molecule has 19 heavy (non-hydrogen) atoms. The molecule has 0 fully saturated rings. The normalized spacial score (nSPS) is 11.7. The van der Waals surface area contributed by atoms with Crippen molar-refractivity contribution in [3.05, 3.63) is 35.1 Å². The van der Waals surface area contributed by atoms with Gasteiger partial charge in [0.1, 0.15) is 4.90 Å². The molecule has 0 aliphatic heterocycles. The lowest BCUT2D eigenvalue weighted by Crippen LogP contribution is -2.21. The molecule has 2 aromatic rings. The van der Waals surface area contributed by atoms with Gasteiger partial charge < -0.3 is 5.73 Å². The van der Waals surface area contributed by atoms with Crippen LogP contribution >= 0.6 is 11.6 Å². The van der Waals surface area contributed by atoms with E-state index in [-0.39, 0.29) is 4.90 Å². The highest BCUT2D eigenvalue weighted by molar-refractivity contribution is 7.89. The van der Waals surface area contributed by atoms with Crippen LogP contribution in [0.5, 0.6) is 0 Å². The van der Waals surface area contributed by atoms with Gasteiger partial charge in [-0.1, -0.05) is 11.6 Å². The summed E-state index contributed by atoms with van der Waals surface area (Å²) in [4.78, 5) is 0.0502. The molecule has 0 atom stereocenters. The number of rotatable bonds is 3. The van der Waals surface area contributed by atoms with E-state index in [0.29, 0.717) is 22.1 Å². The number of nitrogen functional groups attached to an aromatic ring is 1. The van der Waals surface area contributed by atoms with Gasteiger partial charge in [-0.3, -0.25) is 0 Å². The number of anilines is 1. The Morgan fingerprint density at radius 2 is 2.11 bits per heavy atom. The van der Waals surface area contributed by atoms with E-state index in [9.17, 15) is 8.42 Å². The zero-order chi connectivity index (χ0) is 14.2. The predicted octanol–water partition coefficient (Wildman–Crippen LogP) is 1.32. The summed E-state index contributed by atoms with van der Waals surface area (Å²) in [6.07, 6.45) is 1.55. The van der Waals surface area contributed by atoms with Crippen molar-refractivity contribution in [2.24, 2.45) is 0 Å². The second kappa shape index (κ2) is 4.84. The van der Waals surface area contributed by atoms with Gasteiger partial charge in [0.05, 0.1) is 16.4 Å². The summed E-state index contributed by atoms with van der Waals surface area (Å²) in [6.45, 7) is 1.74. The minimum absolute atomic E-state index is 0.0502. The van der Waals surface area contributed by atoms with Crippen LogP contribution in [0.4, 0.5) is 5.69 Å². The fraction of sp³-hybridized carbons (Fsp3) is 0.182. The van der Waals surface area contributed by atoms with Crippen LogP contribution in [0.15, 0.2) is 29.3 Å². The third-order valence-electron chi connectivity index (χ3n) is 2.63. The second-order valence-electron chi connectivity index (χ2n) is 3.94. The SMILES string of the molecule is CNS(=O)(=O)c1cc(N)ccc1-n1cc(Cl)c(C)n1. The molecule has 0 unspecified atom stereocenters. The van der Waals surface area contributed by atoms with E-state index in [2.05, 4.69) is 9.82 Å². The molecule has 1 aromatic carbocycles. The molecule has 1 heterocycles. The fourth-order valence-corrected chi connectivity index (χ4v) is 2.69. The second-order valence-corrected chi connectivity index (χ2v) is 6.20. The number of halogens is 1. The largest absolute Gasteiger partial charge is 0.399 e. The van der Waals surface area contributed by atoms with Crippen LogP contribution in [-0.2, 0) is 10.0 Å². The van der Waals surface area contributed by atoms with Gasteiger partial charge in [0.15, 0.2) is 0 Å². The molecule has 0 radical (unpaired) electrons. The Kier molecular flexibility index (Phi) is 3.53. The lowest BCUT2D eigenvalue weighted by Gasteiger charge is -2.10. The van der Waals surface area contributed by atoms with Crippen molar-refractivity contribution < 1.29 is 8.42 Å². The zero-order valence-corrected chi connectivity index (χ0v) is 12.0. The first-order valence-electron chi connectivity index (χ1n) is 5.40. The Labute approximate surface area is 116 Å². The van der Waals surface area contributed by atoms with Crippen molar-refractivity contribution in [1.29, 1.82) is 0 Å². The van der Waals surface area contributed by atoms with E-state index in [1.807, 2.05) is 0 Å². The number of benzene rings is 1. The van der Waals surface area contributed by atoms with Gasteiger partial charge in [0.25, 0.3) is 0 Å². The Hall–Kier alpha value is -1.57. The van der Waals surface area contributed by atoms with Crippen LogP contribution < -0.4 is 10.5 Å². The van der Waals surface area contributed by atoms with Crippen molar-refractivity contribution in [1.82, 2.24) is 14.5 Å². The molecule has 8 heteroatoms. The smallest absolute Gasteiger partial charge is 0.242 e. The molecule has 3 N–H and O–H groups in total. The number of hydrogen-bond acceptors (Lipinski definition) is 4. The van der Waals surface area contributed by atoms with Crippen LogP contribution in [0, 0.1) is 6.92 Å². The lowest BCUT2D eigenvalue weighted by molar-refractivity contribution is 0.587. The van der Waals surface area contributed by atoms with E-state index in [1.165, 1.54) is 17.8 Å². The first-order valence-corrected chi connectivity index (χ1v) is 7.26. The first kappa shape index (κ1) is 13.9. The van der Waals surface area contributed by atoms with Gasteiger partial charge >= 0.3 is 0 Å². The van der Waals surface area contributed by atoms with Gasteiger partial charge in [-0.05, 0) is 32.2 Å². The van der Waals surface area contributed by atoms with E-state index in [4.69, 9.17) is 17.3 Å². The molecule has 2 rings (SSSR count). The number of aryl methyl sites for hydroxylation is 1. The topological polar surface area (TPSA) is 90.0 Å². The maximum atomic E-state index is 12.0. The molecular formula is C11H13ClN4O2S. The minimum atomic E-state index is -3.64. The van der Waals surface area contributed by atoms with Crippen molar-refractivity contribution in [2.45, 2.75) is 11.8 Å². The van der Waals surface area contributed by atoms with Crippen LogP contribution in [0.2, 0.25) is 5.02 Å². The first-order chi connectivity index (χ1) is 8.85. The minimum Gasteiger partial charge on any atom is -0.399 e. The van der Waals surface area contributed by atoms with E-state index in [0.717, 1.165) is 0 Å². The Morgan fingerprint density at radius 1 is 1.42 bits per heavy atom. The number of hydrogen-bond donors (Lipinski definition) is 2. The summed E-state index contributed by atoms with van der Waals surface area (Å²) < 4.78 is 27.7. The monoisotopic (exact) mass is 300 g/mol. The zero-order valence-electron chi connectivity index (χ0n) is 10.4. The third-order valence-corrected chi connectivity index (χ3v) is 4.44. The molecular weight excluding hydrogens is 288 g/mol. The summed E-state index contributed by atoms with van der Waals surface area (Å²) in [7, 11) is -2.30. The molecule has 0 bridgehead atoms. The standard InChI is InChI=1S/C11H13ClN4O2S/c1-7-9(12)6-16(15-7)10-4-3-8(13)5-11(10)19(17,18)14-2/h3-6,14H,13H2,1-2H3. The van der Waals surface area contributed by atoms with Crippen molar-refractivity contribution in [3.8, 4) is 5.69 Å². The number of sulfonamides is 1.